The van der Waals surface area contributed by atoms with Crippen molar-refractivity contribution in [3.05, 3.63) is 11.6 Å². The van der Waals surface area contributed by atoms with E-state index in [1.165, 1.54) is 18.4 Å². The molecule has 1 aliphatic carbocycles. The van der Waals surface area contributed by atoms with Crippen molar-refractivity contribution in [1.29, 1.82) is 0 Å². The van der Waals surface area contributed by atoms with Crippen molar-refractivity contribution < 1.29 is 9.53 Å². The Balaban J connectivity index is 2.22. The standard InChI is InChI=1S/C14H23NO2/c1-14(2,3)15-11(12(17-4)13(15)16)10-8-6-5-7-9-10/h8,11-12H,5-7,9H2,1-4H3/t11-,12+/m1/s1. The van der Waals surface area contributed by atoms with Gasteiger partial charge in [-0.3, -0.25) is 4.79 Å². The first-order chi connectivity index (χ1) is 7.96. The van der Waals surface area contributed by atoms with Crippen molar-refractivity contribution in [2.45, 2.75) is 64.1 Å². The molecule has 1 heterocycles. The van der Waals surface area contributed by atoms with Crippen LogP contribution in [0.15, 0.2) is 11.6 Å². The van der Waals surface area contributed by atoms with Gasteiger partial charge in [-0.1, -0.05) is 6.08 Å². The molecule has 17 heavy (non-hydrogen) atoms. The Bertz CT molecular complexity index is 341. The van der Waals surface area contributed by atoms with Crippen LogP contribution in [0.2, 0.25) is 0 Å². The van der Waals surface area contributed by atoms with Gasteiger partial charge < -0.3 is 9.64 Å². The minimum atomic E-state index is -0.251. The van der Waals surface area contributed by atoms with Gasteiger partial charge in [0.1, 0.15) is 0 Å². The van der Waals surface area contributed by atoms with E-state index in [-0.39, 0.29) is 23.6 Å². The number of hydrogen-bond acceptors (Lipinski definition) is 2. The van der Waals surface area contributed by atoms with E-state index in [4.69, 9.17) is 4.74 Å². The molecule has 3 nitrogen and oxygen atoms in total. The van der Waals surface area contributed by atoms with Gasteiger partial charge in [0.2, 0.25) is 0 Å². The van der Waals surface area contributed by atoms with Crippen LogP contribution >= 0.6 is 0 Å². The number of amides is 1. The van der Waals surface area contributed by atoms with Crippen LogP contribution in [0.4, 0.5) is 0 Å². The Morgan fingerprint density at radius 1 is 1.35 bits per heavy atom. The second-order valence-corrected chi connectivity index (χ2v) is 6.01. The molecule has 1 fully saturated rings. The topological polar surface area (TPSA) is 29.5 Å². The van der Waals surface area contributed by atoms with Crippen LogP contribution in [0.3, 0.4) is 0 Å². The maximum atomic E-state index is 12.1. The SMILES string of the molecule is CO[C@@H]1C(=O)N(C(C)(C)C)[C@@H]1C1=CCCCC1. The maximum Gasteiger partial charge on any atom is 0.255 e. The van der Waals surface area contributed by atoms with Crippen LogP contribution in [-0.2, 0) is 9.53 Å². The molecule has 2 rings (SSSR count). The Kier molecular flexibility index (Phi) is 3.30. The van der Waals surface area contributed by atoms with Gasteiger partial charge >= 0.3 is 0 Å². The number of nitrogens with zero attached hydrogens (tertiary/aromatic N) is 1. The van der Waals surface area contributed by atoms with Gasteiger partial charge in [-0.25, -0.2) is 0 Å². The third-order valence-electron chi connectivity index (χ3n) is 3.73. The Hall–Kier alpha value is -0.830. The number of carbonyl (C=O) groups is 1. The molecule has 0 radical (unpaired) electrons. The summed E-state index contributed by atoms with van der Waals surface area (Å²) in [4.78, 5) is 14.1. The molecule has 96 valence electrons. The van der Waals surface area contributed by atoms with Gasteiger partial charge in [0, 0.05) is 12.6 Å². The lowest BCUT2D eigenvalue weighted by Gasteiger charge is -2.54. The second-order valence-electron chi connectivity index (χ2n) is 6.01. The van der Waals surface area contributed by atoms with E-state index in [1.54, 1.807) is 7.11 Å². The summed E-state index contributed by atoms with van der Waals surface area (Å²) in [6, 6.07) is 0.174. The minimum absolute atomic E-state index is 0.116. The lowest BCUT2D eigenvalue weighted by molar-refractivity contribution is -0.177. The lowest BCUT2D eigenvalue weighted by atomic mass is 9.81. The average Bonchev–Trinajstić information content (AvgIpc) is 2.25. The van der Waals surface area contributed by atoms with Gasteiger partial charge in [0.25, 0.3) is 5.91 Å². The normalized spacial score (nSPS) is 30.0. The fraction of sp³-hybridized carbons (Fsp3) is 0.786. The largest absolute Gasteiger partial charge is 0.369 e. The third-order valence-corrected chi connectivity index (χ3v) is 3.73. The van der Waals surface area contributed by atoms with E-state index in [9.17, 15) is 4.79 Å². The molecule has 1 amide bonds. The molecule has 0 unspecified atom stereocenters. The zero-order chi connectivity index (χ0) is 12.6. The summed E-state index contributed by atoms with van der Waals surface area (Å²) >= 11 is 0. The monoisotopic (exact) mass is 237 g/mol. The summed E-state index contributed by atoms with van der Waals surface area (Å²) in [6.45, 7) is 6.27. The summed E-state index contributed by atoms with van der Waals surface area (Å²) in [5.74, 6) is 0.136. The first-order valence-corrected chi connectivity index (χ1v) is 6.51. The van der Waals surface area contributed by atoms with Crippen LogP contribution in [0.5, 0.6) is 0 Å². The van der Waals surface area contributed by atoms with Crippen LogP contribution in [0.1, 0.15) is 46.5 Å². The van der Waals surface area contributed by atoms with Crippen LogP contribution in [0, 0.1) is 0 Å². The van der Waals surface area contributed by atoms with Gasteiger partial charge in [-0.05, 0) is 52.0 Å². The predicted octanol–water partition coefficient (Wildman–Crippen LogP) is 2.51. The maximum absolute atomic E-state index is 12.1. The minimum Gasteiger partial charge on any atom is -0.369 e. The quantitative estimate of drug-likeness (QED) is 0.545. The molecule has 0 aromatic rings. The molecule has 2 atom stereocenters. The zero-order valence-electron chi connectivity index (χ0n) is 11.3. The third kappa shape index (κ3) is 2.13. The molecule has 2 aliphatic rings. The Morgan fingerprint density at radius 3 is 2.53 bits per heavy atom. The zero-order valence-corrected chi connectivity index (χ0v) is 11.3. The van der Waals surface area contributed by atoms with Crippen molar-refractivity contribution in [3.8, 4) is 0 Å². The first-order valence-electron chi connectivity index (χ1n) is 6.51. The van der Waals surface area contributed by atoms with Crippen molar-refractivity contribution in [2.75, 3.05) is 7.11 Å². The molecule has 0 aromatic heterocycles. The average molecular weight is 237 g/mol. The molecule has 0 saturated carbocycles. The number of methoxy groups -OCH3 is 1. The van der Waals surface area contributed by atoms with E-state index in [1.807, 2.05) is 4.90 Å². The molecule has 0 bridgehead atoms. The Labute approximate surface area is 104 Å². The molecular formula is C14H23NO2. The van der Waals surface area contributed by atoms with Crippen molar-refractivity contribution in [3.63, 3.8) is 0 Å². The second kappa shape index (κ2) is 4.45. The summed E-state index contributed by atoms with van der Waals surface area (Å²) in [5, 5.41) is 0. The van der Waals surface area contributed by atoms with Crippen LogP contribution in [-0.4, -0.2) is 35.6 Å². The highest BCUT2D eigenvalue weighted by Gasteiger charge is 2.53. The number of β-lactam (4-membered cyclic amide) rings is 1. The van der Waals surface area contributed by atoms with Gasteiger partial charge in [-0.15, -0.1) is 0 Å². The van der Waals surface area contributed by atoms with Crippen LogP contribution in [0.25, 0.3) is 0 Å². The van der Waals surface area contributed by atoms with E-state index in [0.717, 1.165) is 12.8 Å². The smallest absolute Gasteiger partial charge is 0.255 e. The molecule has 3 heteroatoms. The first kappa shape index (κ1) is 12.6. The van der Waals surface area contributed by atoms with Gasteiger partial charge in [-0.2, -0.15) is 0 Å². The molecule has 0 spiro atoms. The highest BCUT2D eigenvalue weighted by Crippen LogP contribution is 2.38. The summed E-state index contributed by atoms with van der Waals surface area (Å²) < 4.78 is 5.36. The summed E-state index contributed by atoms with van der Waals surface area (Å²) in [6.07, 6.45) is 6.84. The lowest BCUT2D eigenvalue weighted by Crippen LogP contribution is -2.71. The van der Waals surface area contributed by atoms with Gasteiger partial charge in [0.05, 0.1) is 6.04 Å². The molecule has 0 aromatic carbocycles. The van der Waals surface area contributed by atoms with Crippen molar-refractivity contribution in [1.82, 2.24) is 4.90 Å². The van der Waals surface area contributed by atoms with Crippen LogP contribution < -0.4 is 0 Å². The summed E-state index contributed by atoms with van der Waals surface area (Å²) in [5.41, 5.74) is 1.28. The molecule has 1 aliphatic heterocycles. The molecule has 1 saturated heterocycles. The van der Waals surface area contributed by atoms with E-state index >= 15 is 0 Å². The number of carbonyl (C=O) groups excluding carboxylic acids is 1. The predicted molar refractivity (Wildman–Crippen MR) is 67.7 cm³/mol. The number of ether oxygens (including phenoxy) is 1. The highest BCUT2D eigenvalue weighted by molar-refractivity contribution is 5.90. The number of rotatable bonds is 2. The molecule has 0 N–H and O–H groups in total. The summed E-state index contributed by atoms with van der Waals surface area (Å²) in [7, 11) is 1.64. The number of hydrogen-bond donors (Lipinski definition) is 0. The highest BCUT2D eigenvalue weighted by atomic mass is 16.5. The van der Waals surface area contributed by atoms with Gasteiger partial charge in [0.15, 0.2) is 6.10 Å². The fourth-order valence-corrected chi connectivity index (χ4v) is 2.93. The van der Waals surface area contributed by atoms with E-state index < -0.39 is 0 Å². The number of likely N-dealkylation sites (tertiary alicyclic amines) is 1. The van der Waals surface area contributed by atoms with E-state index in [2.05, 4.69) is 26.8 Å². The molecular weight excluding hydrogens is 214 g/mol. The Morgan fingerprint density at radius 2 is 2.06 bits per heavy atom. The fourth-order valence-electron chi connectivity index (χ4n) is 2.93. The van der Waals surface area contributed by atoms with Crippen molar-refractivity contribution >= 4 is 5.91 Å². The van der Waals surface area contributed by atoms with Crippen molar-refractivity contribution in [2.24, 2.45) is 0 Å². The van der Waals surface area contributed by atoms with E-state index in [0.29, 0.717) is 0 Å². The number of allylic oxidation sites excluding steroid dienone is 1.